The van der Waals surface area contributed by atoms with Crippen molar-refractivity contribution in [3.63, 3.8) is 0 Å². The van der Waals surface area contributed by atoms with Crippen molar-refractivity contribution < 1.29 is 19.0 Å². The quantitative estimate of drug-likeness (QED) is 0.330. The van der Waals surface area contributed by atoms with E-state index >= 15 is 0 Å². The molecule has 1 aliphatic rings. The lowest BCUT2D eigenvalue weighted by Crippen LogP contribution is -2.34. The number of amides is 1. The zero-order valence-electron chi connectivity index (χ0n) is 19.3. The summed E-state index contributed by atoms with van der Waals surface area (Å²) in [5, 5.41) is 5.97. The normalized spacial score (nSPS) is 13.8. The predicted molar refractivity (Wildman–Crippen MR) is 135 cm³/mol. The van der Waals surface area contributed by atoms with E-state index in [4.69, 9.17) is 26.4 Å². The highest BCUT2D eigenvalue weighted by Gasteiger charge is 2.13. The first-order valence-corrected chi connectivity index (χ1v) is 12.2. The van der Waals surface area contributed by atoms with Crippen molar-refractivity contribution in [2.24, 2.45) is 5.92 Å². The Morgan fingerprint density at radius 3 is 2.21 bits per heavy atom. The van der Waals surface area contributed by atoms with Gasteiger partial charge < -0.3 is 19.5 Å². The van der Waals surface area contributed by atoms with Crippen LogP contribution in [-0.2, 0) is 4.74 Å². The number of hydrogen-bond donors (Lipinski definition) is 2. The minimum Gasteiger partial charge on any atom is -0.494 e. The summed E-state index contributed by atoms with van der Waals surface area (Å²) in [6.07, 6.45) is 7.89. The molecule has 2 N–H and O–H groups in total. The molecular weight excluding hydrogens is 436 g/mol. The number of nitrogens with one attached hydrogen (secondary N) is 2. The van der Waals surface area contributed by atoms with Crippen LogP contribution in [0.1, 0.15) is 55.8 Å². The van der Waals surface area contributed by atoms with Crippen LogP contribution in [0.5, 0.6) is 11.5 Å². The molecule has 0 bridgehead atoms. The third kappa shape index (κ3) is 9.02. The van der Waals surface area contributed by atoms with E-state index in [0.717, 1.165) is 30.4 Å². The highest BCUT2D eigenvalue weighted by molar-refractivity contribution is 7.80. The van der Waals surface area contributed by atoms with E-state index in [9.17, 15) is 4.79 Å². The van der Waals surface area contributed by atoms with Crippen LogP contribution in [0.25, 0.3) is 0 Å². The highest BCUT2D eigenvalue weighted by Crippen LogP contribution is 2.26. The van der Waals surface area contributed by atoms with Crippen LogP contribution in [-0.4, -0.2) is 37.4 Å². The van der Waals surface area contributed by atoms with Gasteiger partial charge in [0.05, 0.1) is 13.2 Å². The summed E-state index contributed by atoms with van der Waals surface area (Å²) in [5.74, 6) is 2.06. The molecule has 0 heterocycles. The molecular formula is C26H34N2O4S. The van der Waals surface area contributed by atoms with Gasteiger partial charge in [-0.05, 0) is 80.0 Å². The second kappa shape index (κ2) is 13.8. The maximum atomic E-state index is 12.4. The topological polar surface area (TPSA) is 68.8 Å². The number of anilines is 1. The molecule has 7 heteroatoms. The smallest absolute Gasteiger partial charge is 0.257 e. The molecule has 0 radical (unpaired) electrons. The van der Waals surface area contributed by atoms with Crippen molar-refractivity contribution in [1.82, 2.24) is 5.32 Å². The first-order valence-electron chi connectivity index (χ1n) is 11.8. The Kier molecular flexibility index (Phi) is 10.5. The molecule has 1 amide bonds. The van der Waals surface area contributed by atoms with Gasteiger partial charge in [0.15, 0.2) is 5.11 Å². The lowest BCUT2D eigenvalue weighted by atomic mass is 9.87. The molecule has 3 rings (SSSR count). The average Bonchev–Trinajstić information content (AvgIpc) is 2.84. The van der Waals surface area contributed by atoms with Gasteiger partial charge in [-0.3, -0.25) is 10.1 Å². The van der Waals surface area contributed by atoms with Crippen molar-refractivity contribution in [3.8, 4) is 11.5 Å². The van der Waals surface area contributed by atoms with E-state index in [0.29, 0.717) is 31.1 Å². The van der Waals surface area contributed by atoms with Crippen LogP contribution >= 0.6 is 12.2 Å². The zero-order valence-corrected chi connectivity index (χ0v) is 20.1. The van der Waals surface area contributed by atoms with Crippen molar-refractivity contribution in [3.05, 3.63) is 54.1 Å². The Morgan fingerprint density at radius 1 is 0.909 bits per heavy atom. The predicted octanol–water partition coefficient (Wildman–Crippen LogP) is 5.58. The Labute approximate surface area is 202 Å². The van der Waals surface area contributed by atoms with E-state index in [-0.39, 0.29) is 11.0 Å². The van der Waals surface area contributed by atoms with Crippen molar-refractivity contribution >= 4 is 28.9 Å². The van der Waals surface area contributed by atoms with Gasteiger partial charge in [-0.2, -0.15) is 0 Å². The molecule has 178 valence electrons. The second-order valence-electron chi connectivity index (χ2n) is 8.14. The fourth-order valence-electron chi connectivity index (χ4n) is 3.86. The molecule has 0 atom stereocenters. The third-order valence-corrected chi connectivity index (χ3v) is 5.88. The SMILES string of the molecule is CCOCCOc1ccc(C(=O)NC(=S)Nc2ccc(OCCC3CCCCC3)cc2)cc1. The highest BCUT2D eigenvalue weighted by atomic mass is 32.1. The van der Waals surface area contributed by atoms with Crippen LogP contribution in [0.15, 0.2) is 48.5 Å². The van der Waals surface area contributed by atoms with E-state index in [1.807, 2.05) is 31.2 Å². The molecule has 2 aromatic rings. The summed E-state index contributed by atoms with van der Waals surface area (Å²) in [4.78, 5) is 12.4. The molecule has 0 aliphatic heterocycles. The molecule has 0 spiro atoms. The van der Waals surface area contributed by atoms with Gasteiger partial charge in [-0.15, -0.1) is 0 Å². The van der Waals surface area contributed by atoms with Crippen LogP contribution in [0.2, 0.25) is 0 Å². The standard InChI is InChI=1S/C26H34N2O4S/c1-2-30-18-19-32-23-12-8-21(9-13-23)25(29)28-26(33)27-22-10-14-24(15-11-22)31-17-16-20-6-4-3-5-7-20/h8-15,20H,2-7,16-19H2,1H3,(H2,27,28,29,33). The van der Waals surface area contributed by atoms with Gasteiger partial charge in [0.1, 0.15) is 18.1 Å². The Balaban J connectivity index is 1.38. The van der Waals surface area contributed by atoms with Crippen molar-refractivity contribution in [1.29, 1.82) is 0 Å². The molecule has 0 aromatic heterocycles. The summed E-state index contributed by atoms with van der Waals surface area (Å²) in [7, 11) is 0. The van der Waals surface area contributed by atoms with Gasteiger partial charge in [0.2, 0.25) is 0 Å². The first-order chi connectivity index (χ1) is 16.1. The Bertz CT molecular complexity index is 865. The fraction of sp³-hybridized carbons (Fsp3) is 0.462. The van der Waals surface area contributed by atoms with Gasteiger partial charge in [0.25, 0.3) is 5.91 Å². The lowest BCUT2D eigenvalue weighted by molar-refractivity contribution is 0.0977. The molecule has 0 saturated heterocycles. The maximum Gasteiger partial charge on any atom is 0.257 e. The number of benzene rings is 2. The summed E-state index contributed by atoms with van der Waals surface area (Å²) < 4.78 is 16.7. The minimum atomic E-state index is -0.281. The average molecular weight is 471 g/mol. The summed E-state index contributed by atoms with van der Waals surface area (Å²) in [6, 6.07) is 14.5. The third-order valence-electron chi connectivity index (χ3n) is 5.68. The van der Waals surface area contributed by atoms with E-state index in [1.165, 1.54) is 32.1 Å². The number of thiocarbonyl (C=S) groups is 1. The fourth-order valence-corrected chi connectivity index (χ4v) is 4.07. The maximum absolute atomic E-state index is 12.4. The monoisotopic (exact) mass is 470 g/mol. The molecule has 0 unspecified atom stereocenters. The van der Waals surface area contributed by atoms with Crippen LogP contribution in [0, 0.1) is 5.92 Å². The van der Waals surface area contributed by atoms with Crippen molar-refractivity contribution in [2.45, 2.75) is 45.4 Å². The van der Waals surface area contributed by atoms with Crippen LogP contribution < -0.4 is 20.1 Å². The van der Waals surface area contributed by atoms with Gasteiger partial charge in [0, 0.05) is 17.9 Å². The van der Waals surface area contributed by atoms with Crippen LogP contribution in [0.4, 0.5) is 5.69 Å². The number of rotatable bonds is 11. The molecule has 6 nitrogen and oxygen atoms in total. The molecule has 33 heavy (non-hydrogen) atoms. The van der Waals surface area contributed by atoms with Crippen molar-refractivity contribution in [2.75, 3.05) is 31.7 Å². The molecule has 2 aromatic carbocycles. The lowest BCUT2D eigenvalue weighted by Gasteiger charge is -2.21. The van der Waals surface area contributed by atoms with Gasteiger partial charge in [-0.1, -0.05) is 32.1 Å². The summed E-state index contributed by atoms with van der Waals surface area (Å²) >= 11 is 5.28. The largest absolute Gasteiger partial charge is 0.494 e. The van der Waals surface area contributed by atoms with Crippen LogP contribution in [0.3, 0.4) is 0 Å². The van der Waals surface area contributed by atoms with E-state index in [1.54, 1.807) is 24.3 Å². The number of carbonyl (C=O) groups is 1. The molecule has 1 fully saturated rings. The van der Waals surface area contributed by atoms with E-state index < -0.39 is 0 Å². The Morgan fingerprint density at radius 2 is 1.55 bits per heavy atom. The minimum absolute atomic E-state index is 0.239. The summed E-state index contributed by atoms with van der Waals surface area (Å²) in [6.45, 7) is 4.36. The molecule has 1 aliphatic carbocycles. The number of ether oxygens (including phenoxy) is 3. The first kappa shape index (κ1) is 25.0. The zero-order chi connectivity index (χ0) is 23.3. The molecule has 1 saturated carbocycles. The number of carbonyl (C=O) groups excluding carboxylic acids is 1. The van der Waals surface area contributed by atoms with E-state index in [2.05, 4.69) is 10.6 Å². The second-order valence-corrected chi connectivity index (χ2v) is 8.55. The number of hydrogen-bond acceptors (Lipinski definition) is 5. The van der Waals surface area contributed by atoms with Gasteiger partial charge in [-0.25, -0.2) is 0 Å². The summed E-state index contributed by atoms with van der Waals surface area (Å²) in [5.41, 5.74) is 1.29. The Hall–Kier alpha value is -2.64. The van der Waals surface area contributed by atoms with Gasteiger partial charge >= 0.3 is 0 Å².